The second-order valence-corrected chi connectivity index (χ2v) is 7.62. The average Bonchev–Trinajstić information content (AvgIpc) is 3.36. The normalized spacial score (nSPS) is 12.8. The van der Waals surface area contributed by atoms with Crippen LogP contribution in [0, 0.1) is 11.8 Å². The van der Waals surface area contributed by atoms with Gasteiger partial charge >= 0.3 is 0 Å². The number of carbonyl (C=O) groups is 1. The Hall–Kier alpha value is -4.25. The zero-order chi connectivity index (χ0) is 21.9. The third kappa shape index (κ3) is 4.14. The lowest BCUT2D eigenvalue weighted by Crippen LogP contribution is -2.14. The number of rotatable bonds is 6. The quantitative estimate of drug-likeness (QED) is 0.478. The number of carbonyl (C=O) groups excluding carboxylic acids is 1. The fourth-order valence-electron chi connectivity index (χ4n) is 3.46. The topological polar surface area (TPSA) is 90.5 Å². The molecular weight excluding hydrogens is 402 g/mol. The van der Waals surface area contributed by atoms with Crippen LogP contribution >= 0.6 is 0 Å². The molecule has 3 heterocycles. The monoisotopic (exact) mass is 423 g/mol. The molecule has 1 fully saturated rings. The Morgan fingerprint density at radius 1 is 1.19 bits per heavy atom. The summed E-state index contributed by atoms with van der Waals surface area (Å²) in [6.07, 6.45) is 9.48. The number of nitrogens with zero attached hydrogens (tertiary/aromatic N) is 6. The molecule has 158 valence electrons. The largest absolute Gasteiger partial charge is 0.321 e. The van der Waals surface area contributed by atoms with Gasteiger partial charge in [-0.15, -0.1) is 16.1 Å². The number of pyridine rings is 1. The Morgan fingerprint density at radius 3 is 2.94 bits per heavy atom. The molecule has 0 bridgehead atoms. The molecule has 3 aromatic heterocycles. The molecule has 0 unspecified atom stereocenters. The average molecular weight is 423 g/mol. The molecule has 4 aromatic rings. The van der Waals surface area contributed by atoms with E-state index in [4.69, 9.17) is 0 Å². The highest BCUT2D eigenvalue weighted by atomic mass is 16.1. The van der Waals surface area contributed by atoms with Crippen LogP contribution in [0.1, 0.15) is 41.9 Å². The molecule has 1 amide bonds. The maximum Gasteiger partial charge on any atom is 0.274 e. The Kier molecular flexibility index (Phi) is 5.22. The Balaban J connectivity index is 1.34. The van der Waals surface area contributed by atoms with Gasteiger partial charge in [0.2, 0.25) is 0 Å². The number of amides is 1. The van der Waals surface area contributed by atoms with Crippen molar-refractivity contribution in [2.24, 2.45) is 0 Å². The second-order valence-electron chi connectivity index (χ2n) is 7.62. The lowest BCUT2D eigenvalue weighted by Gasteiger charge is -2.09. The Morgan fingerprint density at radius 2 is 2.09 bits per heavy atom. The molecule has 1 aliphatic rings. The van der Waals surface area contributed by atoms with E-state index in [0.29, 0.717) is 29.7 Å². The van der Waals surface area contributed by atoms with Crippen LogP contribution in [0.2, 0.25) is 0 Å². The first-order chi connectivity index (χ1) is 15.7. The fourth-order valence-corrected chi connectivity index (χ4v) is 3.46. The van der Waals surface area contributed by atoms with E-state index < -0.39 is 0 Å². The van der Waals surface area contributed by atoms with Crippen molar-refractivity contribution in [3.05, 3.63) is 72.8 Å². The maximum atomic E-state index is 12.9. The van der Waals surface area contributed by atoms with Gasteiger partial charge in [0.25, 0.3) is 5.91 Å². The molecule has 8 nitrogen and oxygen atoms in total. The summed E-state index contributed by atoms with van der Waals surface area (Å²) in [7, 11) is 0. The minimum atomic E-state index is -0.287. The summed E-state index contributed by atoms with van der Waals surface area (Å²) in [5.41, 5.74) is 3.77. The van der Waals surface area contributed by atoms with Crippen molar-refractivity contribution in [1.29, 1.82) is 0 Å². The smallest absolute Gasteiger partial charge is 0.274 e. The molecule has 0 saturated heterocycles. The standard InChI is InChI=1S/C24H21N7O/c1-2-3-11-30-16-27-29-23(30)18-5-4-6-19(12-18)28-24(32)21-13-20(9-10-25-21)31-14-22(26-15-31)17-7-8-17/h4-6,9-10,12-17H,7-8,11H2,1H3,(H,28,32). The van der Waals surface area contributed by atoms with E-state index in [1.54, 1.807) is 31.8 Å². The molecule has 0 spiro atoms. The summed E-state index contributed by atoms with van der Waals surface area (Å²) in [5, 5.41) is 11.1. The SMILES string of the molecule is CC#CCn1cnnc1-c1cccc(NC(=O)c2cc(-n3cnc(C4CC4)c3)ccn2)c1. The summed E-state index contributed by atoms with van der Waals surface area (Å²) in [4.78, 5) is 21.6. The first-order valence-corrected chi connectivity index (χ1v) is 10.4. The van der Waals surface area contributed by atoms with E-state index >= 15 is 0 Å². The van der Waals surface area contributed by atoms with Crippen molar-refractivity contribution in [1.82, 2.24) is 29.3 Å². The molecular formula is C24H21N7O. The maximum absolute atomic E-state index is 12.9. The number of hydrogen-bond donors (Lipinski definition) is 1. The first-order valence-electron chi connectivity index (χ1n) is 10.4. The van der Waals surface area contributed by atoms with Crippen molar-refractivity contribution in [2.75, 3.05) is 5.32 Å². The molecule has 1 aromatic carbocycles. The van der Waals surface area contributed by atoms with E-state index in [9.17, 15) is 4.79 Å². The summed E-state index contributed by atoms with van der Waals surface area (Å²) < 4.78 is 3.79. The third-order valence-corrected chi connectivity index (χ3v) is 5.29. The van der Waals surface area contributed by atoms with Crippen LogP contribution in [-0.4, -0.2) is 35.2 Å². The summed E-state index contributed by atoms with van der Waals surface area (Å²) in [6.45, 7) is 2.30. The zero-order valence-corrected chi connectivity index (χ0v) is 17.6. The number of benzene rings is 1. The molecule has 8 heteroatoms. The van der Waals surface area contributed by atoms with E-state index in [2.05, 4.69) is 37.3 Å². The molecule has 1 saturated carbocycles. The predicted molar refractivity (Wildman–Crippen MR) is 120 cm³/mol. The van der Waals surface area contributed by atoms with Crippen molar-refractivity contribution in [2.45, 2.75) is 32.2 Å². The highest BCUT2D eigenvalue weighted by Gasteiger charge is 2.25. The summed E-state index contributed by atoms with van der Waals surface area (Å²) in [5.74, 6) is 6.86. The molecule has 0 atom stereocenters. The minimum absolute atomic E-state index is 0.287. The van der Waals surface area contributed by atoms with Gasteiger partial charge < -0.3 is 14.5 Å². The van der Waals surface area contributed by atoms with Gasteiger partial charge in [-0.25, -0.2) is 4.98 Å². The number of imidazole rings is 1. The molecule has 0 aliphatic heterocycles. The van der Waals surface area contributed by atoms with Crippen LogP contribution in [0.4, 0.5) is 5.69 Å². The number of anilines is 1. The number of aromatic nitrogens is 6. The van der Waals surface area contributed by atoms with Gasteiger partial charge in [-0.2, -0.15) is 0 Å². The summed E-state index contributed by atoms with van der Waals surface area (Å²) in [6, 6.07) is 11.1. The summed E-state index contributed by atoms with van der Waals surface area (Å²) >= 11 is 0. The minimum Gasteiger partial charge on any atom is -0.321 e. The molecule has 32 heavy (non-hydrogen) atoms. The van der Waals surface area contributed by atoms with Crippen LogP contribution in [0.3, 0.4) is 0 Å². The third-order valence-electron chi connectivity index (χ3n) is 5.29. The van der Waals surface area contributed by atoms with Crippen molar-refractivity contribution in [3.8, 4) is 28.9 Å². The molecule has 1 N–H and O–H groups in total. The van der Waals surface area contributed by atoms with Crippen molar-refractivity contribution >= 4 is 11.6 Å². The molecule has 1 aliphatic carbocycles. The van der Waals surface area contributed by atoms with Gasteiger partial charge in [0.1, 0.15) is 12.0 Å². The van der Waals surface area contributed by atoms with Gasteiger partial charge in [-0.3, -0.25) is 9.78 Å². The lowest BCUT2D eigenvalue weighted by molar-refractivity contribution is 0.102. The molecule has 0 radical (unpaired) electrons. The predicted octanol–water partition coefficient (Wildman–Crippen LogP) is 3.68. The van der Waals surface area contributed by atoms with Crippen molar-refractivity contribution < 1.29 is 4.79 Å². The highest BCUT2D eigenvalue weighted by Crippen LogP contribution is 2.39. The van der Waals surface area contributed by atoms with Crippen LogP contribution in [0.5, 0.6) is 0 Å². The molecule has 5 rings (SSSR count). The zero-order valence-electron chi connectivity index (χ0n) is 17.6. The first kappa shape index (κ1) is 19.7. The Labute approximate surface area is 185 Å². The number of hydrogen-bond acceptors (Lipinski definition) is 5. The van der Waals surface area contributed by atoms with E-state index in [-0.39, 0.29) is 5.91 Å². The fraction of sp³-hybridized carbons (Fsp3) is 0.208. The highest BCUT2D eigenvalue weighted by molar-refractivity contribution is 6.03. The van der Waals surface area contributed by atoms with Crippen LogP contribution < -0.4 is 5.32 Å². The van der Waals surface area contributed by atoms with E-state index in [1.165, 1.54) is 12.8 Å². The van der Waals surface area contributed by atoms with Crippen LogP contribution in [0.15, 0.2) is 61.4 Å². The second kappa shape index (κ2) is 8.47. The van der Waals surface area contributed by atoms with Crippen LogP contribution in [-0.2, 0) is 6.54 Å². The lowest BCUT2D eigenvalue weighted by atomic mass is 10.2. The number of nitrogens with one attached hydrogen (secondary N) is 1. The van der Waals surface area contributed by atoms with Gasteiger partial charge in [0.15, 0.2) is 5.82 Å². The Bertz CT molecular complexity index is 1340. The van der Waals surface area contributed by atoms with Gasteiger partial charge in [-0.1, -0.05) is 18.1 Å². The van der Waals surface area contributed by atoms with Gasteiger partial charge in [-0.05, 0) is 44.0 Å². The van der Waals surface area contributed by atoms with E-state index in [0.717, 1.165) is 16.9 Å². The van der Waals surface area contributed by atoms with Gasteiger partial charge in [0.05, 0.1) is 24.3 Å². The van der Waals surface area contributed by atoms with Gasteiger partial charge in [0, 0.05) is 29.6 Å². The van der Waals surface area contributed by atoms with E-state index in [1.807, 2.05) is 45.7 Å². The van der Waals surface area contributed by atoms with Crippen LogP contribution in [0.25, 0.3) is 17.1 Å². The van der Waals surface area contributed by atoms with Crippen molar-refractivity contribution in [3.63, 3.8) is 0 Å².